The summed E-state index contributed by atoms with van der Waals surface area (Å²) in [6, 6.07) is 6.16. The number of nitrogens with zero attached hydrogens (tertiary/aromatic N) is 4. The monoisotopic (exact) mass is 421 g/mol. The van der Waals surface area contributed by atoms with Gasteiger partial charge in [0.15, 0.2) is 5.65 Å². The number of hydrogen-bond acceptors (Lipinski definition) is 5. The molecule has 2 aromatic heterocycles. The largest absolute Gasteiger partial charge is 0.496 e. The number of anilines is 1. The van der Waals surface area contributed by atoms with E-state index >= 15 is 0 Å². The number of aromatic amines is 1. The molecule has 7 heteroatoms. The van der Waals surface area contributed by atoms with Gasteiger partial charge in [0, 0.05) is 37.8 Å². The van der Waals surface area contributed by atoms with Crippen LogP contribution in [0.2, 0.25) is 0 Å². The van der Waals surface area contributed by atoms with Crippen molar-refractivity contribution in [2.75, 3.05) is 25.1 Å². The van der Waals surface area contributed by atoms with E-state index in [4.69, 9.17) is 14.8 Å². The highest BCUT2D eigenvalue weighted by molar-refractivity contribution is 5.81. The maximum atomic E-state index is 13.2. The Balaban J connectivity index is 1.56. The Kier molecular flexibility index (Phi) is 5.42. The zero-order valence-electron chi connectivity index (χ0n) is 18.5. The Morgan fingerprint density at radius 2 is 1.81 bits per heavy atom. The number of ether oxygens (including phenoxy) is 1. The Hall–Kier alpha value is -2.83. The molecule has 1 saturated carbocycles. The summed E-state index contributed by atoms with van der Waals surface area (Å²) in [5, 5.41) is 5.36. The van der Waals surface area contributed by atoms with Gasteiger partial charge in [-0.2, -0.15) is 5.10 Å². The summed E-state index contributed by atoms with van der Waals surface area (Å²) < 4.78 is 7.46. The first-order chi connectivity index (χ1) is 15.2. The number of aromatic nitrogens is 4. The van der Waals surface area contributed by atoms with Gasteiger partial charge in [0.2, 0.25) is 0 Å². The topological polar surface area (TPSA) is 76.0 Å². The van der Waals surface area contributed by atoms with Crippen LogP contribution in [-0.2, 0) is 7.05 Å². The van der Waals surface area contributed by atoms with E-state index in [0.717, 1.165) is 48.6 Å². The number of aryl methyl sites for hydroxylation is 1. The summed E-state index contributed by atoms with van der Waals surface area (Å²) in [7, 11) is 3.54. The standard InChI is InChI=1S/C24H31N5O2/c1-28-23-20(21(27-28)16-9-5-3-6-10-16)24(30)26-22(25-23)18-12-11-17(15-19(18)31-2)29-13-7-4-8-14-29/h11-12,15-16H,3-10,13-14H2,1-2H3,(H,25,26,30). The minimum atomic E-state index is -0.115. The van der Waals surface area contributed by atoms with Crippen LogP contribution in [0.1, 0.15) is 63.0 Å². The molecular formula is C24H31N5O2. The lowest BCUT2D eigenvalue weighted by atomic mass is 9.86. The third-order valence-electron chi connectivity index (χ3n) is 6.87. The number of piperidine rings is 1. The molecule has 2 aliphatic rings. The number of nitrogens with one attached hydrogen (secondary N) is 1. The highest BCUT2D eigenvalue weighted by Gasteiger charge is 2.25. The van der Waals surface area contributed by atoms with E-state index < -0.39 is 0 Å². The van der Waals surface area contributed by atoms with E-state index in [9.17, 15) is 4.79 Å². The molecule has 0 atom stereocenters. The molecule has 164 valence electrons. The smallest absolute Gasteiger partial charge is 0.262 e. The molecule has 2 fully saturated rings. The highest BCUT2D eigenvalue weighted by atomic mass is 16.5. The molecule has 7 nitrogen and oxygen atoms in total. The van der Waals surface area contributed by atoms with E-state index in [1.165, 1.54) is 38.5 Å². The summed E-state index contributed by atoms with van der Waals surface area (Å²) in [4.78, 5) is 23.4. The minimum absolute atomic E-state index is 0.115. The maximum absolute atomic E-state index is 13.2. The second-order valence-corrected chi connectivity index (χ2v) is 8.89. The van der Waals surface area contributed by atoms with Crippen LogP contribution in [0, 0.1) is 0 Å². The lowest BCUT2D eigenvalue weighted by molar-refractivity contribution is 0.416. The van der Waals surface area contributed by atoms with Crippen molar-refractivity contribution >= 4 is 16.7 Å². The maximum Gasteiger partial charge on any atom is 0.262 e. The lowest BCUT2D eigenvalue weighted by Gasteiger charge is -2.29. The van der Waals surface area contributed by atoms with Crippen LogP contribution in [0.3, 0.4) is 0 Å². The van der Waals surface area contributed by atoms with Crippen molar-refractivity contribution in [1.82, 2.24) is 19.7 Å². The van der Waals surface area contributed by atoms with Crippen molar-refractivity contribution in [3.05, 3.63) is 34.2 Å². The molecule has 5 rings (SSSR count). The van der Waals surface area contributed by atoms with Crippen LogP contribution < -0.4 is 15.2 Å². The van der Waals surface area contributed by atoms with Gasteiger partial charge in [-0.05, 0) is 44.2 Å². The highest BCUT2D eigenvalue weighted by Crippen LogP contribution is 2.36. The number of methoxy groups -OCH3 is 1. The molecule has 0 radical (unpaired) electrons. The Bertz CT molecular complexity index is 1140. The Labute approximate surface area is 182 Å². The molecule has 31 heavy (non-hydrogen) atoms. The first-order valence-electron chi connectivity index (χ1n) is 11.6. The lowest BCUT2D eigenvalue weighted by Crippen LogP contribution is -2.29. The van der Waals surface area contributed by atoms with E-state index in [1.54, 1.807) is 11.8 Å². The zero-order valence-corrected chi connectivity index (χ0v) is 18.5. The molecule has 1 aromatic carbocycles. The molecule has 1 aliphatic carbocycles. The number of H-pyrrole nitrogens is 1. The molecular weight excluding hydrogens is 390 g/mol. The zero-order chi connectivity index (χ0) is 21.4. The summed E-state index contributed by atoms with van der Waals surface area (Å²) in [5.74, 6) is 1.60. The second kappa shape index (κ2) is 8.36. The molecule has 0 unspecified atom stereocenters. The van der Waals surface area contributed by atoms with Gasteiger partial charge < -0.3 is 14.6 Å². The molecule has 1 saturated heterocycles. The van der Waals surface area contributed by atoms with Crippen molar-refractivity contribution < 1.29 is 4.74 Å². The normalized spacial score (nSPS) is 17.9. The Morgan fingerprint density at radius 3 is 2.55 bits per heavy atom. The number of fused-ring (bicyclic) bond motifs is 1. The predicted octanol–water partition coefficient (Wildman–Crippen LogP) is 4.37. The van der Waals surface area contributed by atoms with Crippen molar-refractivity contribution in [1.29, 1.82) is 0 Å². The van der Waals surface area contributed by atoms with Crippen LogP contribution in [-0.4, -0.2) is 39.9 Å². The van der Waals surface area contributed by atoms with Crippen molar-refractivity contribution in [2.24, 2.45) is 7.05 Å². The molecule has 0 bridgehead atoms. The summed E-state index contributed by atoms with van der Waals surface area (Å²) in [6.07, 6.45) is 9.61. The van der Waals surface area contributed by atoms with Crippen LogP contribution in [0.15, 0.2) is 23.0 Å². The fourth-order valence-corrected chi connectivity index (χ4v) is 5.20. The van der Waals surface area contributed by atoms with Gasteiger partial charge in [0.25, 0.3) is 5.56 Å². The minimum Gasteiger partial charge on any atom is -0.496 e. The molecule has 3 heterocycles. The van der Waals surface area contributed by atoms with E-state index in [0.29, 0.717) is 22.8 Å². The van der Waals surface area contributed by atoms with Crippen LogP contribution in [0.4, 0.5) is 5.69 Å². The van der Waals surface area contributed by atoms with Crippen molar-refractivity contribution in [3.8, 4) is 17.1 Å². The Morgan fingerprint density at radius 1 is 1.06 bits per heavy atom. The third kappa shape index (κ3) is 3.70. The SMILES string of the molecule is COc1cc(N2CCCCC2)ccc1-c1nc2c(c(C3CCCCC3)nn2C)c(=O)[nH]1. The van der Waals surface area contributed by atoms with E-state index in [1.807, 2.05) is 13.1 Å². The van der Waals surface area contributed by atoms with Crippen LogP contribution in [0.5, 0.6) is 5.75 Å². The van der Waals surface area contributed by atoms with Crippen molar-refractivity contribution in [2.45, 2.75) is 57.3 Å². The van der Waals surface area contributed by atoms with Gasteiger partial charge in [0.05, 0.1) is 18.4 Å². The number of benzene rings is 1. The molecule has 1 aliphatic heterocycles. The average molecular weight is 422 g/mol. The average Bonchev–Trinajstić information content (AvgIpc) is 3.16. The van der Waals surface area contributed by atoms with Gasteiger partial charge in [0.1, 0.15) is 17.0 Å². The van der Waals surface area contributed by atoms with Crippen molar-refractivity contribution in [3.63, 3.8) is 0 Å². The first-order valence-corrected chi connectivity index (χ1v) is 11.6. The first kappa shape index (κ1) is 20.1. The molecule has 0 spiro atoms. The fourth-order valence-electron chi connectivity index (χ4n) is 5.20. The third-order valence-corrected chi connectivity index (χ3v) is 6.87. The van der Waals surface area contributed by atoms with E-state index in [-0.39, 0.29) is 5.56 Å². The predicted molar refractivity (Wildman–Crippen MR) is 123 cm³/mol. The quantitative estimate of drug-likeness (QED) is 0.677. The molecule has 3 aromatic rings. The van der Waals surface area contributed by atoms with E-state index in [2.05, 4.69) is 22.0 Å². The van der Waals surface area contributed by atoms with Gasteiger partial charge in [-0.25, -0.2) is 9.67 Å². The summed E-state index contributed by atoms with van der Waals surface area (Å²) in [6.45, 7) is 2.14. The summed E-state index contributed by atoms with van der Waals surface area (Å²) >= 11 is 0. The second-order valence-electron chi connectivity index (χ2n) is 8.89. The van der Waals surface area contributed by atoms with Gasteiger partial charge in [-0.15, -0.1) is 0 Å². The number of rotatable bonds is 4. The number of hydrogen-bond donors (Lipinski definition) is 1. The van der Waals surface area contributed by atoms with Gasteiger partial charge in [-0.1, -0.05) is 19.3 Å². The molecule has 1 N–H and O–H groups in total. The van der Waals surface area contributed by atoms with Crippen LogP contribution in [0.25, 0.3) is 22.4 Å². The van der Waals surface area contributed by atoms with Crippen LogP contribution >= 0.6 is 0 Å². The summed E-state index contributed by atoms with van der Waals surface area (Å²) in [5.41, 5.74) is 3.38. The molecule has 0 amide bonds. The van der Waals surface area contributed by atoms with Gasteiger partial charge in [-0.3, -0.25) is 4.79 Å². The fraction of sp³-hybridized carbons (Fsp3) is 0.542. The van der Waals surface area contributed by atoms with Gasteiger partial charge >= 0.3 is 0 Å².